The summed E-state index contributed by atoms with van der Waals surface area (Å²) in [6, 6.07) is 23.4. The molecular formula is C26H26NNaO4. The average molecular weight is 439 g/mol. The number of carboxylic acid groups (broad SMARTS) is 1. The molecule has 3 aromatic rings. The maximum Gasteiger partial charge on any atom is 1.00 e. The fraction of sp³-hybridized carbons (Fsp3) is 0.231. The molecule has 0 atom stereocenters. The Hall–Kier alpha value is -2.60. The van der Waals surface area contributed by atoms with Crippen LogP contribution in [-0.2, 0) is 16.1 Å². The van der Waals surface area contributed by atoms with Gasteiger partial charge in [-0.15, -0.1) is 0 Å². The van der Waals surface area contributed by atoms with Crippen LogP contribution in [0.5, 0.6) is 5.75 Å². The van der Waals surface area contributed by atoms with E-state index in [1.807, 2.05) is 24.3 Å². The Bertz CT molecular complexity index is 983. The SMILES string of the molecule is Cc1ccc(C(=NOCCCOc2cccc(CC(=O)[O-])c2)c2ccc(C)cc2)cc1.[Na+]. The summed E-state index contributed by atoms with van der Waals surface area (Å²) < 4.78 is 5.69. The molecule has 3 rings (SSSR count). The van der Waals surface area contributed by atoms with Gasteiger partial charge in [0.1, 0.15) is 18.1 Å². The number of carbonyl (C=O) groups excluding carboxylic acids is 1. The van der Waals surface area contributed by atoms with Crippen molar-refractivity contribution in [3.8, 4) is 5.75 Å². The molecule has 0 radical (unpaired) electrons. The van der Waals surface area contributed by atoms with E-state index in [9.17, 15) is 9.90 Å². The number of hydrogen-bond donors (Lipinski definition) is 0. The van der Waals surface area contributed by atoms with Crippen LogP contribution >= 0.6 is 0 Å². The number of carboxylic acids is 1. The van der Waals surface area contributed by atoms with Crippen molar-refractivity contribution in [3.05, 3.63) is 101 Å². The van der Waals surface area contributed by atoms with Crippen molar-refractivity contribution in [2.24, 2.45) is 5.16 Å². The Morgan fingerprint density at radius 2 is 1.47 bits per heavy atom. The molecule has 0 aliphatic carbocycles. The van der Waals surface area contributed by atoms with Crippen molar-refractivity contribution < 1.29 is 49.0 Å². The van der Waals surface area contributed by atoms with Gasteiger partial charge < -0.3 is 19.5 Å². The molecule has 6 heteroatoms. The summed E-state index contributed by atoms with van der Waals surface area (Å²) in [5.74, 6) is -0.483. The van der Waals surface area contributed by atoms with E-state index in [4.69, 9.17) is 9.57 Å². The molecule has 0 saturated heterocycles. The number of hydrogen-bond acceptors (Lipinski definition) is 5. The molecule has 0 fully saturated rings. The van der Waals surface area contributed by atoms with Crippen LogP contribution in [0, 0.1) is 13.8 Å². The second kappa shape index (κ2) is 13.1. The van der Waals surface area contributed by atoms with Gasteiger partial charge in [-0.1, -0.05) is 76.9 Å². The first kappa shape index (κ1) is 25.7. The predicted molar refractivity (Wildman–Crippen MR) is 119 cm³/mol. The minimum Gasteiger partial charge on any atom is -0.550 e. The second-order valence-electron chi connectivity index (χ2n) is 7.40. The minimum absolute atomic E-state index is 0. The Morgan fingerprint density at radius 1 is 0.875 bits per heavy atom. The van der Waals surface area contributed by atoms with Crippen molar-refractivity contribution in [3.63, 3.8) is 0 Å². The Labute approximate surface area is 211 Å². The van der Waals surface area contributed by atoms with Crippen molar-refractivity contribution in [1.29, 1.82) is 0 Å². The summed E-state index contributed by atoms with van der Waals surface area (Å²) >= 11 is 0. The normalized spacial score (nSPS) is 10.1. The Balaban J connectivity index is 0.00000363. The summed E-state index contributed by atoms with van der Waals surface area (Å²) in [6.07, 6.45) is 0.513. The zero-order valence-electron chi connectivity index (χ0n) is 18.8. The fourth-order valence-corrected chi connectivity index (χ4v) is 3.03. The second-order valence-corrected chi connectivity index (χ2v) is 7.40. The van der Waals surface area contributed by atoms with Gasteiger partial charge in [0.2, 0.25) is 0 Å². The van der Waals surface area contributed by atoms with Crippen molar-refractivity contribution >= 4 is 11.7 Å². The molecule has 5 nitrogen and oxygen atoms in total. The van der Waals surface area contributed by atoms with Crippen LogP contribution in [0.3, 0.4) is 0 Å². The summed E-state index contributed by atoms with van der Waals surface area (Å²) in [5, 5.41) is 15.1. The van der Waals surface area contributed by atoms with E-state index in [2.05, 4.69) is 43.3 Å². The van der Waals surface area contributed by atoms with Crippen molar-refractivity contribution in [1.82, 2.24) is 0 Å². The van der Waals surface area contributed by atoms with E-state index in [1.165, 1.54) is 11.1 Å². The molecule has 0 unspecified atom stereocenters. The van der Waals surface area contributed by atoms with E-state index in [-0.39, 0.29) is 36.0 Å². The quantitative estimate of drug-likeness (QED) is 0.203. The van der Waals surface area contributed by atoms with Crippen LogP contribution in [0.1, 0.15) is 34.2 Å². The molecule has 160 valence electrons. The molecule has 0 aliphatic rings. The van der Waals surface area contributed by atoms with Gasteiger partial charge in [0.05, 0.1) is 6.61 Å². The first-order valence-corrected chi connectivity index (χ1v) is 10.3. The number of rotatable bonds is 10. The maximum atomic E-state index is 10.7. The van der Waals surface area contributed by atoms with Crippen LogP contribution in [0.15, 0.2) is 78.0 Å². The van der Waals surface area contributed by atoms with Crippen molar-refractivity contribution in [2.45, 2.75) is 26.7 Å². The summed E-state index contributed by atoms with van der Waals surface area (Å²) in [5.41, 5.74) is 5.81. The summed E-state index contributed by atoms with van der Waals surface area (Å²) in [4.78, 5) is 16.3. The number of ether oxygens (including phenoxy) is 1. The molecule has 0 saturated carbocycles. The molecular weight excluding hydrogens is 413 g/mol. The number of nitrogens with zero attached hydrogens (tertiary/aromatic N) is 1. The van der Waals surface area contributed by atoms with Gasteiger partial charge >= 0.3 is 29.6 Å². The predicted octanol–water partition coefficient (Wildman–Crippen LogP) is 0.838. The molecule has 0 heterocycles. The maximum absolute atomic E-state index is 10.7. The summed E-state index contributed by atoms with van der Waals surface area (Å²) in [7, 11) is 0. The number of carbonyl (C=O) groups is 1. The molecule has 0 amide bonds. The number of aryl methyl sites for hydroxylation is 2. The standard InChI is InChI=1S/C26H27NO4.Na/c1-19-7-11-22(12-8-19)26(23-13-9-20(2)10-14-23)27-31-16-4-15-30-24-6-3-5-21(17-24)18-25(28)29;/h3,5-14,17H,4,15-16,18H2,1-2H3,(H,28,29);/q;+1/p-1. The zero-order chi connectivity index (χ0) is 22.1. The average Bonchev–Trinajstić information content (AvgIpc) is 2.75. The topological polar surface area (TPSA) is 71.0 Å². The molecule has 32 heavy (non-hydrogen) atoms. The van der Waals surface area contributed by atoms with Crippen LogP contribution in [0.4, 0.5) is 0 Å². The first-order valence-electron chi connectivity index (χ1n) is 10.3. The van der Waals surface area contributed by atoms with Crippen LogP contribution in [-0.4, -0.2) is 24.9 Å². The first-order chi connectivity index (χ1) is 15.0. The molecule has 3 aromatic carbocycles. The largest absolute Gasteiger partial charge is 1.00 e. The van der Waals surface area contributed by atoms with E-state index in [0.29, 0.717) is 30.9 Å². The van der Waals surface area contributed by atoms with Gasteiger partial charge in [0.25, 0.3) is 0 Å². The van der Waals surface area contributed by atoms with Gasteiger partial charge in [-0.2, -0.15) is 0 Å². The Kier molecular flexibility index (Phi) is 10.5. The van der Waals surface area contributed by atoms with Crippen LogP contribution < -0.4 is 39.4 Å². The third-order valence-corrected chi connectivity index (χ3v) is 4.70. The van der Waals surface area contributed by atoms with Gasteiger partial charge in [0, 0.05) is 29.9 Å². The smallest absolute Gasteiger partial charge is 0.550 e. The summed E-state index contributed by atoms with van der Waals surface area (Å²) in [6.45, 7) is 4.95. The molecule has 0 N–H and O–H groups in total. The number of aliphatic carboxylic acids is 1. The molecule has 0 aliphatic heterocycles. The van der Waals surface area contributed by atoms with Gasteiger partial charge in [-0.25, -0.2) is 0 Å². The van der Waals surface area contributed by atoms with Crippen LogP contribution in [0.2, 0.25) is 0 Å². The molecule has 0 aromatic heterocycles. The number of oxime groups is 1. The minimum atomic E-state index is -1.11. The molecule has 0 spiro atoms. The molecule has 0 bridgehead atoms. The van der Waals surface area contributed by atoms with Gasteiger partial charge in [-0.3, -0.25) is 0 Å². The number of benzene rings is 3. The van der Waals surface area contributed by atoms with E-state index >= 15 is 0 Å². The third kappa shape index (κ3) is 8.15. The van der Waals surface area contributed by atoms with Gasteiger partial charge in [0.15, 0.2) is 0 Å². The van der Waals surface area contributed by atoms with Crippen molar-refractivity contribution in [2.75, 3.05) is 13.2 Å². The van der Waals surface area contributed by atoms with Gasteiger partial charge in [-0.05, 0) is 31.5 Å². The van der Waals surface area contributed by atoms with E-state index < -0.39 is 5.97 Å². The third-order valence-electron chi connectivity index (χ3n) is 4.70. The van der Waals surface area contributed by atoms with E-state index in [0.717, 1.165) is 16.8 Å². The van der Waals surface area contributed by atoms with E-state index in [1.54, 1.807) is 24.3 Å². The Morgan fingerprint density at radius 3 is 2.03 bits per heavy atom. The monoisotopic (exact) mass is 439 g/mol. The fourth-order valence-electron chi connectivity index (χ4n) is 3.03. The van der Waals surface area contributed by atoms with Crippen LogP contribution in [0.25, 0.3) is 0 Å². The zero-order valence-corrected chi connectivity index (χ0v) is 20.8.